The second-order valence-corrected chi connectivity index (χ2v) is 8.27. The number of likely N-dealkylation sites (tertiary alicyclic amines) is 1. The van der Waals surface area contributed by atoms with E-state index in [9.17, 15) is 9.18 Å². The molecule has 0 unspecified atom stereocenters. The fourth-order valence-corrected chi connectivity index (χ4v) is 4.88. The highest BCUT2D eigenvalue weighted by molar-refractivity contribution is 7.14. The van der Waals surface area contributed by atoms with Crippen LogP contribution in [0.4, 0.5) is 4.39 Å². The molecule has 2 aliphatic heterocycles. The maximum atomic E-state index is 14.0. The Hall–Kier alpha value is -1.77. The van der Waals surface area contributed by atoms with E-state index < -0.39 is 6.17 Å². The van der Waals surface area contributed by atoms with Gasteiger partial charge in [0.05, 0.1) is 11.1 Å². The summed E-state index contributed by atoms with van der Waals surface area (Å²) in [7, 11) is 1.87. The summed E-state index contributed by atoms with van der Waals surface area (Å²) in [5, 5.41) is 10.5. The van der Waals surface area contributed by atoms with Crippen LogP contribution in [0.15, 0.2) is 18.5 Å². The summed E-state index contributed by atoms with van der Waals surface area (Å²) in [4.78, 5) is 16.7. The Morgan fingerprint density at radius 3 is 3.19 bits per heavy atom. The van der Waals surface area contributed by atoms with Crippen molar-refractivity contribution in [2.24, 2.45) is 7.05 Å². The standard InChI is InChI=1S/C18H24FN5OS/c1-23-9-12(6-22-23)10-24-11-14(19)5-15(24)8-21-18(25)17-4-13-7-20-3-2-16(13)26-17/h4,6,9,14-15,20H,2-3,5,7-8,10-11H2,1H3,(H,21,25)/t14-,15-/m0/s1. The van der Waals surface area contributed by atoms with Crippen LogP contribution in [0.25, 0.3) is 0 Å². The van der Waals surface area contributed by atoms with E-state index in [1.807, 2.05) is 25.5 Å². The van der Waals surface area contributed by atoms with E-state index in [1.165, 1.54) is 10.4 Å². The molecule has 2 aromatic rings. The highest BCUT2D eigenvalue weighted by Gasteiger charge is 2.32. The van der Waals surface area contributed by atoms with Crippen molar-refractivity contribution < 1.29 is 9.18 Å². The van der Waals surface area contributed by atoms with Crippen molar-refractivity contribution in [1.29, 1.82) is 0 Å². The lowest BCUT2D eigenvalue weighted by Gasteiger charge is -2.23. The SMILES string of the molecule is Cn1cc(CN2C[C@@H](F)C[C@H]2CNC(=O)c2cc3c(s2)CCNC3)cn1. The van der Waals surface area contributed by atoms with Gasteiger partial charge in [-0.05, 0) is 24.5 Å². The third-order valence-corrected chi connectivity index (χ3v) is 6.32. The number of carbonyl (C=O) groups excluding carboxylic acids is 1. The second-order valence-electron chi connectivity index (χ2n) is 7.13. The van der Waals surface area contributed by atoms with Gasteiger partial charge in [-0.1, -0.05) is 0 Å². The molecule has 2 aliphatic rings. The van der Waals surface area contributed by atoms with Crippen LogP contribution < -0.4 is 10.6 Å². The maximum Gasteiger partial charge on any atom is 0.261 e. The molecule has 2 atom stereocenters. The Balaban J connectivity index is 1.36. The molecular formula is C18H24FN5OS. The summed E-state index contributed by atoms with van der Waals surface area (Å²) in [6.07, 6.45) is 4.37. The van der Waals surface area contributed by atoms with Crippen LogP contribution >= 0.6 is 11.3 Å². The number of aromatic nitrogens is 2. The van der Waals surface area contributed by atoms with Crippen molar-refractivity contribution in [2.45, 2.75) is 38.1 Å². The third-order valence-electron chi connectivity index (χ3n) is 5.08. The van der Waals surface area contributed by atoms with E-state index in [2.05, 4.69) is 20.6 Å². The summed E-state index contributed by atoms with van der Waals surface area (Å²) in [6.45, 7) is 3.35. The van der Waals surface area contributed by atoms with Crippen molar-refractivity contribution in [2.75, 3.05) is 19.6 Å². The van der Waals surface area contributed by atoms with Gasteiger partial charge in [0.25, 0.3) is 5.91 Å². The molecule has 4 heterocycles. The van der Waals surface area contributed by atoms with Crippen LogP contribution in [0.2, 0.25) is 0 Å². The zero-order valence-corrected chi connectivity index (χ0v) is 15.7. The van der Waals surface area contributed by atoms with Gasteiger partial charge < -0.3 is 10.6 Å². The number of amides is 1. The van der Waals surface area contributed by atoms with Crippen LogP contribution in [0.1, 0.15) is 32.1 Å². The first-order valence-electron chi connectivity index (χ1n) is 9.04. The predicted octanol–water partition coefficient (Wildman–Crippen LogP) is 1.47. The van der Waals surface area contributed by atoms with Crippen LogP contribution in [0.3, 0.4) is 0 Å². The molecular weight excluding hydrogens is 353 g/mol. The molecule has 8 heteroatoms. The van der Waals surface area contributed by atoms with Crippen LogP contribution in [0.5, 0.6) is 0 Å². The van der Waals surface area contributed by atoms with Gasteiger partial charge in [-0.3, -0.25) is 14.4 Å². The molecule has 140 valence electrons. The minimum absolute atomic E-state index is 0.0189. The lowest BCUT2D eigenvalue weighted by atomic mass is 10.1. The van der Waals surface area contributed by atoms with E-state index in [4.69, 9.17) is 0 Å². The quantitative estimate of drug-likeness (QED) is 0.828. The number of hydrogen-bond donors (Lipinski definition) is 2. The first-order valence-corrected chi connectivity index (χ1v) is 9.86. The van der Waals surface area contributed by atoms with Crippen LogP contribution in [0, 0.1) is 0 Å². The number of fused-ring (bicyclic) bond motifs is 1. The Kier molecular flexibility index (Phi) is 5.06. The number of halogens is 1. The largest absolute Gasteiger partial charge is 0.350 e. The summed E-state index contributed by atoms with van der Waals surface area (Å²) in [6, 6.07) is 2.01. The summed E-state index contributed by atoms with van der Waals surface area (Å²) in [5.41, 5.74) is 2.30. The van der Waals surface area contributed by atoms with E-state index in [0.29, 0.717) is 26.1 Å². The van der Waals surface area contributed by atoms with Gasteiger partial charge in [-0.2, -0.15) is 5.10 Å². The molecule has 1 saturated heterocycles. The van der Waals surface area contributed by atoms with Crippen molar-refractivity contribution in [3.63, 3.8) is 0 Å². The topological polar surface area (TPSA) is 62.2 Å². The number of nitrogens with one attached hydrogen (secondary N) is 2. The monoisotopic (exact) mass is 377 g/mol. The predicted molar refractivity (Wildman–Crippen MR) is 99.0 cm³/mol. The molecule has 4 rings (SSSR count). The fourth-order valence-electron chi connectivity index (χ4n) is 3.78. The average molecular weight is 377 g/mol. The molecule has 1 amide bonds. The van der Waals surface area contributed by atoms with Crippen molar-refractivity contribution >= 4 is 17.2 Å². The van der Waals surface area contributed by atoms with Crippen molar-refractivity contribution in [3.05, 3.63) is 39.3 Å². The van der Waals surface area contributed by atoms with E-state index in [0.717, 1.165) is 30.0 Å². The molecule has 0 saturated carbocycles. The molecule has 0 aromatic carbocycles. The minimum Gasteiger partial charge on any atom is -0.350 e. The van der Waals surface area contributed by atoms with E-state index >= 15 is 0 Å². The fraction of sp³-hybridized carbons (Fsp3) is 0.556. The van der Waals surface area contributed by atoms with Gasteiger partial charge in [-0.15, -0.1) is 11.3 Å². The lowest BCUT2D eigenvalue weighted by molar-refractivity contribution is 0.0944. The molecule has 0 spiro atoms. The summed E-state index contributed by atoms with van der Waals surface area (Å²) >= 11 is 1.58. The molecule has 0 aliphatic carbocycles. The molecule has 6 nitrogen and oxygen atoms in total. The van der Waals surface area contributed by atoms with Gasteiger partial charge in [0.2, 0.25) is 0 Å². The van der Waals surface area contributed by atoms with Gasteiger partial charge in [0.1, 0.15) is 6.17 Å². The van der Waals surface area contributed by atoms with E-state index in [-0.39, 0.29) is 11.9 Å². The molecule has 0 radical (unpaired) electrons. The third kappa shape index (κ3) is 3.82. The van der Waals surface area contributed by atoms with Crippen LogP contribution in [-0.4, -0.2) is 52.4 Å². The number of hydrogen-bond acceptors (Lipinski definition) is 5. The van der Waals surface area contributed by atoms with Gasteiger partial charge in [0, 0.05) is 62.5 Å². The first-order chi connectivity index (χ1) is 12.6. The minimum atomic E-state index is -0.839. The zero-order chi connectivity index (χ0) is 18.1. The molecule has 2 aromatic heterocycles. The molecule has 0 bridgehead atoms. The van der Waals surface area contributed by atoms with Crippen molar-refractivity contribution in [3.8, 4) is 0 Å². The normalized spacial score (nSPS) is 23.2. The second kappa shape index (κ2) is 7.46. The number of carbonyl (C=O) groups is 1. The lowest BCUT2D eigenvalue weighted by Crippen LogP contribution is -2.39. The average Bonchev–Trinajstić information content (AvgIpc) is 3.31. The summed E-state index contributed by atoms with van der Waals surface area (Å²) in [5.74, 6) is -0.0481. The number of nitrogens with zero attached hydrogens (tertiary/aromatic N) is 3. The molecule has 26 heavy (non-hydrogen) atoms. The Bertz CT molecular complexity index is 765. The van der Waals surface area contributed by atoms with Gasteiger partial charge in [0.15, 0.2) is 0 Å². The van der Waals surface area contributed by atoms with Crippen LogP contribution in [-0.2, 0) is 26.6 Å². The zero-order valence-electron chi connectivity index (χ0n) is 14.9. The Morgan fingerprint density at radius 2 is 2.42 bits per heavy atom. The number of alkyl halides is 1. The van der Waals surface area contributed by atoms with Crippen molar-refractivity contribution in [1.82, 2.24) is 25.3 Å². The number of aryl methyl sites for hydroxylation is 1. The van der Waals surface area contributed by atoms with E-state index in [1.54, 1.807) is 16.0 Å². The Labute approximate surface area is 156 Å². The molecule has 2 N–H and O–H groups in total. The summed E-state index contributed by atoms with van der Waals surface area (Å²) < 4.78 is 15.7. The first kappa shape index (κ1) is 17.6. The van der Waals surface area contributed by atoms with Gasteiger partial charge in [-0.25, -0.2) is 4.39 Å². The molecule has 1 fully saturated rings. The number of rotatable bonds is 5. The number of thiophene rings is 1. The Morgan fingerprint density at radius 1 is 1.54 bits per heavy atom. The smallest absolute Gasteiger partial charge is 0.261 e. The highest BCUT2D eigenvalue weighted by atomic mass is 32.1. The highest BCUT2D eigenvalue weighted by Crippen LogP contribution is 2.26. The maximum absolute atomic E-state index is 14.0. The van der Waals surface area contributed by atoms with Gasteiger partial charge >= 0.3 is 0 Å².